The summed E-state index contributed by atoms with van der Waals surface area (Å²) in [5, 5.41) is 3.36. The van der Waals surface area contributed by atoms with Crippen LogP contribution in [0.25, 0.3) is 0 Å². The third-order valence-electron chi connectivity index (χ3n) is 3.06. The number of benzene rings is 2. The van der Waals surface area contributed by atoms with Crippen molar-refractivity contribution in [3.8, 4) is 5.75 Å². The number of hydrogen-bond acceptors (Lipinski definition) is 4. The fourth-order valence-corrected chi connectivity index (χ4v) is 1.97. The molecule has 0 aliphatic rings. The molecule has 120 valence electrons. The maximum absolute atomic E-state index is 12.1. The van der Waals surface area contributed by atoms with Crippen LogP contribution in [0.3, 0.4) is 0 Å². The zero-order valence-corrected chi connectivity index (χ0v) is 13.5. The Morgan fingerprint density at radius 3 is 2.22 bits per heavy atom. The summed E-state index contributed by atoms with van der Waals surface area (Å²) in [5.74, 6) is -0.236. The van der Waals surface area contributed by atoms with Crippen molar-refractivity contribution >= 4 is 29.2 Å². The number of amides is 1. The zero-order chi connectivity index (χ0) is 16.8. The normalized spacial score (nSPS) is 11.4. The quantitative estimate of drug-likeness (QED) is 0.850. The molecule has 0 saturated carbocycles. The van der Waals surface area contributed by atoms with Crippen molar-refractivity contribution in [2.45, 2.75) is 13.0 Å². The van der Waals surface area contributed by atoms with E-state index in [4.69, 9.17) is 16.3 Å². The van der Waals surface area contributed by atoms with Gasteiger partial charge in [0.15, 0.2) is 6.10 Å². The molecule has 2 aromatic rings. The monoisotopic (exact) mass is 333 g/mol. The molecule has 1 amide bonds. The van der Waals surface area contributed by atoms with Gasteiger partial charge in [-0.05, 0) is 55.5 Å². The van der Waals surface area contributed by atoms with Crippen molar-refractivity contribution < 1.29 is 19.1 Å². The summed E-state index contributed by atoms with van der Waals surface area (Å²) >= 11 is 5.80. The van der Waals surface area contributed by atoms with Crippen LogP contribution in [0.5, 0.6) is 5.75 Å². The van der Waals surface area contributed by atoms with Crippen molar-refractivity contribution in [1.82, 2.24) is 0 Å². The summed E-state index contributed by atoms with van der Waals surface area (Å²) in [7, 11) is 1.30. The largest absolute Gasteiger partial charge is 0.479 e. The van der Waals surface area contributed by atoms with Gasteiger partial charge in [-0.2, -0.15) is 0 Å². The molecule has 5 nitrogen and oxygen atoms in total. The topological polar surface area (TPSA) is 64.6 Å². The highest BCUT2D eigenvalue weighted by molar-refractivity contribution is 6.30. The van der Waals surface area contributed by atoms with Crippen LogP contribution < -0.4 is 10.1 Å². The number of carbonyl (C=O) groups excluding carboxylic acids is 2. The maximum atomic E-state index is 12.1. The summed E-state index contributed by atoms with van der Waals surface area (Å²) < 4.78 is 10.00. The molecule has 0 saturated heterocycles. The van der Waals surface area contributed by atoms with Crippen molar-refractivity contribution in [2.24, 2.45) is 0 Å². The van der Waals surface area contributed by atoms with Crippen molar-refractivity contribution in [3.63, 3.8) is 0 Å². The maximum Gasteiger partial charge on any atom is 0.346 e. The molecule has 1 N–H and O–H groups in total. The molecule has 0 aliphatic heterocycles. The molecular formula is C17H16ClNO4. The van der Waals surface area contributed by atoms with E-state index >= 15 is 0 Å². The average Bonchev–Trinajstić information content (AvgIpc) is 2.56. The van der Waals surface area contributed by atoms with Gasteiger partial charge in [0.2, 0.25) is 0 Å². The lowest BCUT2D eigenvalue weighted by Crippen LogP contribution is -2.24. The second-order valence-corrected chi connectivity index (χ2v) is 5.21. The van der Waals surface area contributed by atoms with Gasteiger partial charge in [-0.25, -0.2) is 4.79 Å². The third kappa shape index (κ3) is 4.72. The average molecular weight is 334 g/mol. The highest BCUT2D eigenvalue weighted by Gasteiger charge is 2.15. The van der Waals surface area contributed by atoms with Gasteiger partial charge in [-0.1, -0.05) is 11.6 Å². The van der Waals surface area contributed by atoms with Crippen molar-refractivity contribution in [1.29, 1.82) is 0 Å². The molecule has 0 radical (unpaired) electrons. The summed E-state index contributed by atoms with van der Waals surface area (Å²) in [5.41, 5.74) is 1.12. The Balaban J connectivity index is 1.99. The van der Waals surface area contributed by atoms with E-state index in [2.05, 4.69) is 10.1 Å². The molecule has 0 unspecified atom stereocenters. The minimum absolute atomic E-state index is 0.250. The van der Waals surface area contributed by atoms with Gasteiger partial charge in [0.25, 0.3) is 5.91 Å². The van der Waals surface area contributed by atoms with Crippen molar-refractivity contribution in [3.05, 3.63) is 59.1 Å². The third-order valence-corrected chi connectivity index (χ3v) is 3.32. The van der Waals surface area contributed by atoms with E-state index in [1.807, 2.05) is 0 Å². The number of carbonyl (C=O) groups is 2. The van der Waals surface area contributed by atoms with Gasteiger partial charge in [0.05, 0.1) is 7.11 Å². The lowest BCUT2D eigenvalue weighted by molar-refractivity contribution is -0.147. The Morgan fingerprint density at radius 2 is 1.65 bits per heavy atom. The molecule has 2 rings (SSSR count). The molecule has 0 bridgehead atoms. The predicted molar refractivity (Wildman–Crippen MR) is 88.0 cm³/mol. The summed E-state index contributed by atoms with van der Waals surface area (Å²) in [6, 6.07) is 13.3. The fraction of sp³-hybridized carbons (Fsp3) is 0.176. The highest BCUT2D eigenvalue weighted by atomic mass is 35.5. The lowest BCUT2D eigenvalue weighted by atomic mass is 10.2. The smallest absolute Gasteiger partial charge is 0.346 e. The van der Waals surface area contributed by atoms with E-state index < -0.39 is 12.1 Å². The van der Waals surface area contributed by atoms with E-state index in [1.54, 1.807) is 55.5 Å². The molecule has 0 aliphatic carbocycles. The first-order chi connectivity index (χ1) is 11.0. The first kappa shape index (κ1) is 16.8. The lowest BCUT2D eigenvalue weighted by Gasteiger charge is -2.12. The molecule has 0 fully saturated rings. The molecule has 2 aromatic carbocycles. The predicted octanol–water partition coefficient (Wildman–Crippen LogP) is 3.53. The van der Waals surface area contributed by atoms with E-state index in [0.717, 1.165) is 0 Å². The number of nitrogens with one attached hydrogen (secondary N) is 1. The molecule has 6 heteroatoms. The van der Waals surface area contributed by atoms with Crippen LogP contribution in [-0.2, 0) is 9.53 Å². The van der Waals surface area contributed by atoms with Crippen LogP contribution in [0, 0.1) is 0 Å². The number of rotatable bonds is 5. The highest BCUT2D eigenvalue weighted by Crippen LogP contribution is 2.17. The van der Waals surface area contributed by atoms with Crippen LogP contribution in [-0.4, -0.2) is 25.1 Å². The van der Waals surface area contributed by atoms with E-state index in [1.165, 1.54) is 7.11 Å². The van der Waals surface area contributed by atoms with Gasteiger partial charge in [-0.3, -0.25) is 4.79 Å². The second-order valence-electron chi connectivity index (χ2n) is 4.77. The van der Waals surface area contributed by atoms with Gasteiger partial charge < -0.3 is 14.8 Å². The molecule has 1 atom stereocenters. The van der Waals surface area contributed by atoms with Crippen molar-refractivity contribution in [2.75, 3.05) is 12.4 Å². The SMILES string of the molecule is COC(=O)[C@H](C)Oc1ccc(C(=O)Nc2ccc(Cl)cc2)cc1. The number of esters is 1. The number of anilines is 1. The number of halogens is 1. The van der Waals surface area contributed by atoms with Crippen LogP contribution in [0.2, 0.25) is 5.02 Å². The minimum Gasteiger partial charge on any atom is -0.479 e. The fourth-order valence-electron chi connectivity index (χ4n) is 1.84. The van der Waals surface area contributed by atoms with Gasteiger partial charge in [0, 0.05) is 16.3 Å². The number of methoxy groups -OCH3 is 1. The first-order valence-corrected chi connectivity index (χ1v) is 7.29. The van der Waals surface area contributed by atoms with Crippen LogP contribution in [0.15, 0.2) is 48.5 Å². The van der Waals surface area contributed by atoms with Gasteiger partial charge in [-0.15, -0.1) is 0 Å². The Kier molecular flexibility index (Phi) is 5.60. The Morgan fingerprint density at radius 1 is 1.04 bits per heavy atom. The molecule has 0 aromatic heterocycles. The zero-order valence-electron chi connectivity index (χ0n) is 12.7. The molecule has 23 heavy (non-hydrogen) atoms. The molecule has 0 spiro atoms. The van der Waals surface area contributed by atoms with Crippen LogP contribution in [0.4, 0.5) is 5.69 Å². The Hall–Kier alpha value is -2.53. The van der Waals surface area contributed by atoms with Gasteiger partial charge >= 0.3 is 5.97 Å². The second kappa shape index (κ2) is 7.65. The van der Waals surface area contributed by atoms with Crippen LogP contribution >= 0.6 is 11.6 Å². The van der Waals surface area contributed by atoms with Gasteiger partial charge in [0.1, 0.15) is 5.75 Å². The number of ether oxygens (including phenoxy) is 2. The Labute approximate surface area is 139 Å². The van der Waals surface area contributed by atoms with E-state index in [0.29, 0.717) is 22.0 Å². The first-order valence-electron chi connectivity index (χ1n) is 6.91. The summed E-state index contributed by atoms with van der Waals surface area (Å²) in [6.45, 7) is 1.59. The van der Waals surface area contributed by atoms with E-state index in [9.17, 15) is 9.59 Å². The number of hydrogen-bond donors (Lipinski definition) is 1. The molecule has 0 heterocycles. The Bertz CT molecular complexity index is 683. The molecular weight excluding hydrogens is 318 g/mol. The summed E-state index contributed by atoms with van der Waals surface area (Å²) in [4.78, 5) is 23.4. The minimum atomic E-state index is -0.714. The summed E-state index contributed by atoms with van der Waals surface area (Å²) in [6.07, 6.45) is -0.714. The standard InChI is InChI=1S/C17H16ClNO4/c1-11(17(21)22-2)23-15-9-3-12(4-10-15)16(20)19-14-7-5-13(18)6-8-14/h3-11H,1-2H3,(H,19,20)/t11-/m0/s1. The van der Waals surface area contributed by atoms with Crippen LogP contribution in [0.1, 0.15) is 17.3 Å². The van der Waals surface area contributed by atoms with E-state index in [-0.39, 0.29) is 5.91 Å².